The molecule has 0 aliphatic heterocycles. The molecule has 2 aromatic heterocycles. The second kappa shape index (κ2) is 5.90. The van der Waals surface area contributed by atoms with Gasteiger partial charge in [-0.1, -0.05) is 17.7 Å². The van der Waals surface area contributed by atoms with E-state index in [-0.39, 0.29) is 10.7 Å². The second-order valence-corrected chi connectivity index (χ2v) is 5.75. The Kier molecular flexibility index (Phi) is 4.04. The summed E-state index contributed by atoms with van der Waals surface area (Å²) in [6.07, 6.45) is -2.76. The van der Waals surface area contributed by atoms with E-state index in [0.717, 1.165) is 11.6 Å². The molecule has 0 amide bonds. The molecular weight excluding hydrogens is 341 g/mol. The van der Waals surface area contributed by atoms with E-state index in [9.17, 15) is 13.2 Å². The third-order valence-corrected chi connectivity index (χ3v) is 3.66. The first-order chi connectivity index (χ1) is 11.3. The van der Waals surface area contributed by atoms with E-state index in [4.69, 9.17) is 11.6 Å². The van der Waals surface area contributed by atoms with Crippen LogP contribution in [0.1, 0.15) is 16.8 Å². The Balaban J connectivity index is 2.10. The summed E-state index contributed by atoms with van der Waals surface area (Å²) in [4.78, 5) is 4.32. The van der Waals surface area contributed by atoms with E-state index in [1.807, 2.05) is 19.1 Å². The Labute approximate surface area is 140 Å². The Bertz CT molecular complexity index is 944. The minimum absolute atomic E-state index is 0.0112. The van der Waals surface area contributed by atoms with Gasteiger partial charge in [0.2, 0.25) is 0 Å². The number of benzene rings is 1. The summed E-state index contributed by atoms with van der Waals surface area (Å²) in [6.45, 7) is 3.62. The third-order valence-electron chi connectivity index (χ3n) is 3.43. The van der Waals surface area contributed by atoms with Crippen LogP contribution in [0.5, 0.6) is 0 Å². The molecule has 0 fully saturated rings. The molecule has 24 heavy (non-hydrogen) atoms. The van der Waals surface area contributed by atoms with E-state index in [0.29, 0.717) is 17.2 Å². The molecule has 0 aliphatic rings. The van der Waals surface area contributed by atoms with Crippen LogP contribution in [-0.4, -0.2) is 9.38 Å². The summed E-state index contributed by atoms with van der Waals surface area (Å²) >= 11 is 5.66. The van der Waals surface area contributed by atoms with Gasteiger partial charge in [0.25, 0.3) is 0 Å². The van der Waals surface area contributed by atoms with Crippen molar-refractivity contribution < 1.29 is 13.2 Å². The molecular formula is C16H12ClF3N4. The lowest BCUT2D eigenvalue weighted by molar-refractivity contribution is -0.137. The minimum Gasteiger partial charge on any atom is -0.283 e. The van der Waals surface area contributed by atoms with Crippen molar-refractivity contribution >= 4 is 28.8 Å². The summed E-state index contributed by atoms with van der Waals surface area (Å²) in [5.41, 5.74) is 0.972. The summed E-state index contributed by atoms with van der Waals surface area (Å²) in [5, 5.41) is 7.76. The van der Waals surface area contributed by atoms with Crippen LogP contribution < -0.4 is 0 Å². The standard InChI is InChI=1S/C16H12ClF3N4/c1-9-3-6-14-21-10(2)15(24(14)8-9)23-22-13-5-4-11(17)7-12(13)16(18,19)20/h3-8H,1-2H3. The van der Waals surface area contributed by atoms with E-state index in [1.165, 1.54) is 12.1 Å². The summed E-state index contributed by atoms with van der Waals surface area (Å²) in [7, 11) is 0. The molecule has 0 spiro atoms. The van der Waals surface area contributed by atoms with Crippen molar-refractivity contribution in [1.82, 2.24) is 9.38 Å². The number of fused-ring (bicyclic) bond motifs is 1. The summed E-state index contributed by atoms with van der Waals surface area (Å²) < 4.78 is 41.0. The van der Waals surface area contributed by atoms with Crippen LogP contribution in [-0.2, 0) is 6.18 Å². The SMILES string of the molecule is Cc1ccc2nc(C)c(N=Nc3ccc(Cl)cc3C(F)(F)F)n2c1. The average molecular weight is 353 g/mol. The number of pyridine rings is 1. The molecule has 0 saturated heterocycles. The highest BCUT2D eigenvalue weighted by Crippen LogP contribution is 2.38. The molecule has 0 atom stereocenters. The Morgan fingerprint density at radius 1 is 1.08 bits per heavy atom. The topological polar surface area (TPSA) is 42.0 Å². The van der Waals surface area contributed by atoms with Crippen molar-refractivity contribution in [3.05, 3.63) is 58.4 Å². The van der Waals surface area contributed by atoms with Crippen LogP contribution >= 0.6 is 11.6 Å². The van der Waals surface area contributed by atoms with Gasteiger partial charge in [0.1, 0.15) is 5.65 Å². The van der Waals surface area contributed by atoms with Crippen molar-refractivity contribution in [3.63, 3.8) is 0 Å². The molecule has 4 nitrogen and oxygen atoms in total. The van der Waals surface area contributed by atoms with Crippen LogP contribution in [0.15, 0.2) is 46.8 Å². The average Bonchev–Trinajstić information content (AvgIpc) is 2.80. The van der Waals surface area contributed by atoms with Gasteiger partial charge in [0.15, 0.2) is 5.82 Å². The molecule has 0 N–H and O–H groups in total. The molecule has 3 rings (SSSR count). The van der Waals surface area contributed by atoms with E-state index in [1.54, 1.807) is 17.5 Å². The zero-order valence-electron chi connectivity index (χ0n) is 12.8. The molecule has 2 heterocycles. The second-order valence-electron chi connectivity index (χ2n) is 5.31. The van der Waals surface area contributed by atoms with E-state index < -0.39 is 11.7 Å². The normalized spacial score (nSPS) is 12.4. The number of hydrogen-bond acceptors (Lipinski definition) is 3. The maximum absolute atomic E-state index is 13.1. The number of alkyl halides is 3. The Morgan fingerprint density at radius 2 is 1.83 bits per heavy atom. The van der Waals surface area contributed by atoms with Gasteiger partial charge >= 0.3 is 6.18 Å². The van der Waals surface area contributed by atoms with Gasteiger partial charge in [0, 0.05) is 11.2 Å². The minimum atomic E-state index is -4.57. The molecule has 1 aromatic carbocycles. The lowest BCUT2D eigenvalue weighted by Gasteiger charge is -2.09. The number of imidazole rings is 1. The van der Waals surface area contributed by atoms with Crippen LogP contribution in [0.4, 0.5) is 24.7 Å². The number of aryl methyl sites for hydroxylation is 2. The van der Waals surface area contributed by atoms with Crippen molar-refractivity contribution in [2.75, 3.05) is 0 Å². The monoisotopic (exact) mass is 352 g/mol. The maximum Gasteiger partial charge on any atom is 0.418 e. The quantitative estimate of drug-likeness (QED) is 0.518. The predicted molar refractivity (Wildman–Crippen MR) is 85.3 cm³/mol. The summed E-state index contributed by atoms with van der Waals surface area (Å²) in [6, 6.07) is 7.07. The van der Waals surface area contributed by atoms with Gasteiger partial charge in [-0.2, -0.15) is 13.2 Å². The number of nitrogens with zero attached hydrogens (tertiary/aromatic N) is 4. The number of azo groups is 1. The predicted octanol–water partition coefficient (Wildman–Crippen LogP) is 6.04. The first-order valence-corrected chi connectivity index (χ1v) is 7.37. The fourth-order valence-electron chi connectivity index (χ4n) is 2.30. The van der Waals surface area contributed by atoms with Crippen molar-refractivity contribution in [3.8, 4) is 0 Å². The van der Waals surface area contributed by atoms with E-state index >= 15 is 0 Å². The van der Waals surface area contributed by atoms with Gasteiger partial charge in [0.05, 0.1) is 16.9 Å². The molecule has 0 aliphatic carbocycles. The van der Waals surface area contributed by atoms with Crippen LogP contribution in [0, 0.1) is 13.8 Å². The van der Waals surface area contributed by atoms with E-state index in [2.05, 4.69) is 15.2 Å². The maximum atomic E-state index is 13.1. The molecule has 0 saturated carbocycles. The summed E-state index contributed by atoms with van der Waals surface area (Å²) in [5.74, 6) is 0.386. The van der Waals surface area contributed by atoms with Crippen LogP contribution in [0.3, 0.4) is 0 Å². The number of hydrogen-bond donors (Lipinski definition) is 0. The third kappa shape index (κ3) is 3.12. The highest BCUT2D eigenvalue weighted by molar-refractivity contribution is 6.30. The smallest absolute Gasteiger partial charge is 0.283 e. The number of rotatable bonds is 2. The molecule has 0 radical (unpaired) electrons. The Hall–Kier alpha value is -2.41. The van der Waals surface area contributed by atoms with Gasteiger partial charge < -0.3 is 0 Å². The first-order valence-electron chi connectivity index (χ1n) is 6.99. The molecule has 0 unspecified atom stereocenters. The molecule has 124 valence electrons. The van der Waals surface area contributed by atoms with Crippen LogP contribution in [0.25, 0.3) is 5.65 Å². The van der Waals surface area contributed by atoms with Crippen LogP contribution in [0.2, 0.25) is 5.02 Å². The first kappa shape index (κ1) is 16.4. The number of halogens is 4. The fourth-order valence-corrected chi connectivity index (χ4v) is 2.47. The van der Waals surface area contributed by atoms with Gasteiger partial charge in [-0.05, 0) is 43.7 Å². The largest absolute Gasteiger partial charge is 0.418 e. The zero-order chi connectivity index (χ0) is 17.5. The molecule has 8 heteroatoms. The van der Waals surface area contributed by atoms with Crippen molar-refractivity contribution in [2.45, 2.75) is 20.0 Å². The van der Waals surface area contributed by atoms with Crippen molar-refractivity contribution in [1.29, 1.82) is 0 Å². The number of aromatic nitrogens is 2. The van der Waals surface area contributed by atoms with Crippen molar-refractivity contribution in [2.24, 2.45) is 10.2 Å². The lowest BCUT2D eigenvalue weighted by Crippen LogP contribution is -2.04. The molecule has 3 aromatic rings. The zero-order valence-corrected chi connectivity index (χ0v) is 13.5. The van der Waals surface area contributed by atoms with Gasteiger partial charge in [-0.3, -0.25) is 4.40 Å². The van der Waals surface area contributed by atoms with Gasteiger partial charge in [-0.15, -0.1) is 10.2 Å². The fraction of sp³-hybridized carbons (Fsp3) is 0.188. The van der Waals surface area contributed by atoms with Gasteiger partial charge in [-0.25, -0.2) is 4.98 Å². The molecule has 0 bridgehead atoms. The highest BCUT2D eigenvalue weighted by atomic mass is 35.5. The highest BCUT2D eigenvalue weighted by Gasteiger charge is 2.34. The Morgan fingerprint density at radius 3 is 2.54 bits per heavy atom. The lowest BCUT2D eigenvalue weighted by atomic mass is 10.2.